The van der Waals surface area contributed by atoms with Gasteiger partial charge in [0.2, 0.25) is 0 Å². The van der Waals surface area contributed by atoms with Crippen molar-refractivity contribution < 1.29 is 0 Å². The Morgan fingerprint density at radius 3 is 2.58 bits per heavy atom. The second-order valence-corrected chi connectivity index (χ2v) is 6.41. The van der Waals surface area contributed by atoms with E-state index in [4.69, 9.17) is 0 Å². The van der Waals surface area contributed by atoms with Crippen LogP contribution in [0.5, 0.6) is 0 Å². The smallest absolute Gasteiger partial charge is 0.125 e. The molecule has 2 fully saturated rings. The number of imidazole rings is 1. The van der Waals surface area contributed by atoms with E-state index in [1.807, 2.05) is 12.4 Å². The monoisotopic (exact) mass is 262 g/mol. The van der Waals surface area contributed by atoms with Crippen molar-refractivity contribution in [3.63, 3.8) is 0 Å². The lowest BCUT2D eigenvalue weighted by Crippen LogP contribution is -2.42. The molecular weight excluding hydrogens is 236 g/mol. The van der Waals surface area contributed by atoms with Crippen molar-refractivity contribution in [2.75, 3.05) is 13.6 Å². The summed E-state index contributed by atoms with van der Waals surface area (Å²) in [5.74, 6) is 1.98. The van der Waals surface area contributed by atoms with Crippen LogP contribution in [0.15, 0.2) is 12.4 Å². The van der Waals surface area contributed by atoms with Gasteiger partial charge in [-0.05, 0) is 52.1 Å². The highest BCUT2D eigenvalue weighted by Gasteiger charge is 2.38. The van der Waals surface area contributed by atoms with Crippen LogP contribution in [0, 0.1) is 5.92 Å². The second kappa shape index (κ2) is 5.25. The summed E-state index contributed by atoms with van der Waals surface area (Å²) in [7, 11) is 4.37. The van der Waals surface area contributed by atoms with Crippen LogP contribution in [0.1, 0.15) is 44.5 Å². The zero-order valence-electron chi connectivity index (χ0n) is 12.3. The summed E-state index contributed by atoms with van der Waals surface area (Å²) >= 11 is 0. The highest BCUT2D eigenvalue weighted by Crippen LogP contribution is 2.37. The van der Waals surface area contributed by atoms with Crippen LogP contribution in [-0.4, -0.2) is 40.1 Å². The van der Waals surface area contributed by atoms with Gasteiger partial charge >= 0.3 is 0 Å². The van der Waals surface area contributed by atoms with Gasteiger partial charge in [0.05, 0.1) is 6.04 Å². The Morgan fingerprint density at radius 1 is 1.32 bits per heavy atom. The molecule has 1 aromatic rings. The Morgan fingerprint density at radius 2 is 2.00 bits per heavy atom. The van der Waals surface area contributed by atoms with Gasteiger partial charge in [-0.2, -0.15) is 0 Å². The largest absolute Gasteiger partial charge is 0.337 e. The van der Waals surface area contributed by atoms with Crippen LogP contribution in [0.3, 0.4) is 0 Å². The first-order chi connectivity index (χ1) is 9.15. The first-order valence-electron chi connectivity index (χ1n) is 7.57. The third-order valence-electron chi connectivity index (χ3n) is 5.15. The van der Waals surface area contributed by atoms with Gasteiger partial charge in [-0.3, -0.25) is 0 Å². The number of nitrogens with zero attached hydrogens (tertiary/aromatic N) is 3. The molecule has 0 aromatic carbocycles. The molecule has 2 aliphatic heterocycles. The van der Waals surface area contributed by atoms with Crippen LogP contribution < -0.4 is 5.32 Å². The Balaban J connectivity index is 1.52. The molecule has 0 radical (unpaired) electrons. The normalized spacial score (nSPS) is 32.7. The molecule has 2 aliphatic rings. The van der Waals surface area contributed by atoms with Crippen LogP contribution >= 0.6 is 0 Å². The molecule has 2 saturated heterocycles. The topological polar surface area (TPSA) is 33.1 Å². The van der Waals surface area contributed by atoms with Crippen molar-refractivity contribution in [2.24, 2.45) is 13.0 Å². The fraction of sp³-hybridized carbons (Fsp3) is 0.800. The van der Waals surface area contributed by atoms with E-state index < -0.39 is 0 Å². The third-order valence-corrected chi connectivity index (χ3v) is 5.15. The zero-order valence-corrected chi connectivity index (χ0v) is 12.3. The van der Waals surface area contributed by atoms with Gasteiger partial charge in [0, 0.05) is 31.5 Å². The van der Waals surface area contributed by atoms with Gasteiger partial charge in [-0.1, -0.05) is 0 Å². The molecule has 1 N–H and O–H groups in total. The van der Waals surface area contributed by atoms with Crippen molar-refractivity contribution in [1.82, 2.24) is 19.8 Å². The average Bonchev–Trinajstić information content (AvgIpc) is 2.87. The maximum atomic E-state index is 4.43. The minimum Gasteiger partial charge on any atom is -0.337 e. The highest BCUT2D eigenvalue weighted by atomic mass is 15.2. The van der Waals surface area contributed by atoms with Gasteiger partial charge in [-0.15, -0.1) is 0 Å². The van der Waals surface area contributed by atoms with E-state index in [9.17, 15) is 0 Å². The molecule has 0 spiro atoms. The molecule has 4 nitrogen and oxygen atoms in total. The number of aryl methyl sites for hydroxylation is 1. The van der Waals surface area contributed by atoms with Crippen LogP contribution in [0.4, 0.5) is 0 Å². The Bertz CT molecular complexity index is 414. The molecule has 1 aromatic heterocycles. The van der Waals surface area contributed by atoms with Crippen LogP contribution in [0.25, 0.3) is 0 Å². The van der Waals surface area contributed by atoms with Crippen LogP contribution in [-0.2, 0) is 7.05 Å². The quantitative estimate of drug-likeness (QED) is 0.900. The molecule has 3 atom stereocenters. The first kappa shape index (κ1) is 13.1. The lowest BCUT2D eigenvalue weighted by Gasteiger charge is -2.36. The predicted octanol–water partition coefficient (Wildman–Crippen LogP) is 1.94. The molecule has 0 amide bonds. The van der Waals surface area contributed by atoms with E-state index in [1.54, 1.807) is 0 Å². The Hall–Kier alpha value is -0.870. The fourth-order valence-electron chi connectivity index (χ4n) is 3.92. The molecule has 3 unspecified atom stereocenters. The molecular formula is C15H26N4. The summed E-state index contributed by atoms with van der Waals surface area (Å²) in [4.78, 5) is 7.04. The number of hydrogen-bond acceptors (Lipinski definition) is 3. The van der Waals surface area contributed by atoms with E-state index >= 15 is 0 Å². The number of piperidine rings is 1. The molecule has 2 bridgehead atoms. The number of aromatic nitrogens is 2. The van der Waals surface area contributed by atoms with E-state index in [-0.39, 0.29) is 0 Å². The SMILES string of the molecule is CC(NCC1CC2CCC(C1)N2C)c1nccn1C. The van der Waals surface area contributed by atoms with Crippen molar-refractivity contribution in [3.05, 3.63) is 18.2 Å². The summed E-state index contributed by atoms with van der Waals surface area (Å²) in [6.07, 6.45) is 9.45. The number of nitrogens with one attached hydrogen (secondary N) is 1. The molecule has 0 saturated carbocycles. The van der Waals surface area contributed by atoms with Crippen molar-refractivity contribution in [1.29, 1.82) is 0 Å². The van der Waals surface area contributed by atoms with Gasteiger partial charge < -0.3 is 14.8 Å². The number of hydrogen-bond donors (Lipinski definition) is 1. The van der Waals surface area contributed by atoms with Gasteiger partial charge in [0.25, 0.3) is 0 Å². The lowest BCUT2D eigenvalue weighted by molar-refractivity contribution is 0.131. The maximum Gasteiger partial charge on any atom is 0.125 e. The Labute approximate surface area is 116 Å². The molecule has 0 aliphatic carbocycles. The Kier molecular flexibility index (Phi) is 3.63. The van der Waals surface area contributed by atoms with Gasteiger partial charge in [0.15, 0.2) is 0 Å². The zero-order chi connectivity index (χ0) is 13.4. The number of rotatable bonds is 4. The van der Waals surface area contributed by atoms with E-state index in [2.05, 4.69) is 40.8 Å². The van der Waals surface area contributed by atoms with Crippen molar-refractivity contribution >= 4 is 0 Å². The fourth-order valence-corrected chi connectivity index (χ4v) is 3.92. The maximum absolute atomic E-state index is 4.43. The van der Waals surface area contributed by atoms with Crippen molar-refractivity contribution in [2.45, 2.75) is 50.7 Å². The standard InChI is InChI=1S/C15H26N4/c1-11(15-16-6-7-18(15)2)17-10-12-8-13-4-5-14(9-12)19(13)3/h6-7,11-14,17H,4-5,8-10H2,1-3H3. The molecule has 4 heteroatoms. The summed E-state index contributed by atoms with van der Waals surface area (Å²) < 4.78 is 2.11. The van der Waals surface area contributed by atoms with Gasteiger partial charge in [-0.25, -0.2) is 4.98 Å². The second-order valence-electron chi connectivity index (χ2n) is 6.41. The highest BCUT2D eigenvalue weighted by molar-refractivity contribution is 4.98. The summed E-state index contributed by atoms with van der Waals surface area (Å²) in [6, 6.07) is 2.03. The minimum absolute atomic E-state index is 0.345. The molecule has 19 heavy (non-hydrogen) atoms. The van der Waals surface area contributed by atoms with E-state index in [0.29, 0.717) is 6.04 Å². The average molecular weight is 262 g/mol. The molecule has 106 valence electrons. The number of fused-ring (bicyclic) bond motifs is 2. The third kappa shape index (κ3) is 2.56. The van der Waals surface area contributed by atoms with E-state index in [0.717, 1.165) is 30.4 Å². The predicted molar refractivity (Wildman–Crippen MR) is 76.9 cm³/mol. The van der Waals surface area contributed by atoms with Crippen molar-refractivity contribution in [3.8, 4) is 0 Å². The van der Waals surface area contributed by atoms with Crippen LogP contribution in [0.2, 0.25) is 0 Å². The van der Waals surface area contributed by atoms with Gasteiger partial charge in [0.1, 0.15) is 5.82 Å². The molecule has 3 rings (SSSR count). The summed E-state index contributed by atoms with van der Waals surface area (Å²) in [5, 5.41) is 3.68. The minimum atomic E-state index is 0.345. The molecule has 3 heterocycles. The first-order valence-corrected chi connectivity index (χ1v) is 7.57. The van der Waals surface area contributed by atoms with E-state index in [1.165, 1.54) is 25.7 Å². The summed E-state index contributed by atoms with van der Waals surface area (Å²) in [6.45, 7) is 3.35. The lowest BCUT2D eigenvalue weighted by atomic mass is 9.91. The summed E-state index contributed by atoms with van der Waals surface area (Å²) in [5.41, 5.74) is 0.